The van der Waals surface area contributed by atoms with Gasteiger partial charge in [0.25, 0.3) is 0 Å². The van der Waals surface area contributed by atoms with Gasteiger partial charge < -0.3 is 4.90 Å². The molecule has 3 aliphatic rings. The lowest BCUT2D eigenvalue weighted by Crippen LogP contribution is -2.44. The number of carbonyl (C=O) groups excluding carboxylic acids is 1. The van der Waals surface area contributed by atoms with Crippen molar-refractivity contribution in [2.24, 2.45) is 11.3 Å². The number of hydrogen-bond donors (Lipinski definition) is 0. The molecular formula is C20H23N3OS. The van der Waals surface area contributed by atoms with E-state index < -0.39 is 0 Å². The maximum atomic E-state index is 13.0. The van der Waals surface area contributed by atoms with E-state index in [0.29, 0.717) is 11.3 Å². The van der Waals surface area contributed by atoms with Crippen LogP contribution in [-0.4, -0.2) is 33.9 Å². The van der Waals surface area contributed by atoms with Crippen LogP contribution >= 0.6 is 11.3 Å². The number of nitrogens with zero attached hydrogens (tertiary/aromatic N) is 3. The highest BCUT2D eigenvalue weighted by atomic mass is 32.1. The van der Waals surface area contributed by atoms with Gasteiger partial charge in [-0.2, -0.15) is 0 Å². The third kappa shape index (κ3) is 2.88. The summed E-state index contributed by atoms with van der Waals surface area (Å²) in [5, 5.41) is 1.07. The van der Waals surface area contributed by atoms with E-state index in [2.05, 4.69) is 9.88 Å². The number of aromatic nitrogens is 2. The number of hydrogen-bond acceptors (Lipinski definition) is 4. The molecule has 0 bridgehead atoms. The van der Waals surface area contributed by atoms with Crippen molar-refractivity contribution in [2.75, 3.05) is 13.1 Å². The van der Waals surface area contributed by atoms with Crippen LogP contribution < -0.4 is 0 Å². The molecule has 2 aliphatic carbocycles. The van der Waals surface area contributed by atoms with E-state index in [-0.39, 0.29) is 5.92 Å². The van der Waals surface area contributed by atoms with Crippen LogP contribution in [0.2, 0.25) is 0 Å². The normalized spacial score (nSPS) is 24.2. The summed E-state index contributed by atoms with van der Waals surface area (Å²) >= 11 is 1.78. The van der Waals surface area contributed by atoms with Gasteiger partial charge in [0.2, 0.25) is 5.91 Å². The van der Waals surface area contributed by atoms with Gasteiger partial charge in [-0.15, -0.1) is 11.3 Å². The Morgan fingerprint density at radius 3 is 2.88 bits per heavy atom. The smallest absolute Gasteiger partial charge is 0.226 e. The first-order valence-electron chi connectivity index (χ1n) is 9.40. The van der Waals surface area contributed by atoms with Crippen LogP contribution in [0.4, 0.5) is 0 Å². The summed E-state index contributed by atoms with van der Waals surface area (Å²) in [6.07, 6.45) is 11.6. The van der Waals surface area contributed by atoms with Crippen LogP contribution in [0, 0.1) is 11.3 Å². The highest BCUT2D eigenvalue weighted by Gasteiger charge is 2.47. The number of thiazole rings is 1. The topological polar surface area (TPSA) is 46.1 Å². The molecule has 5 heteroatoms. The minimum atomic E-state index is 0.133. The third-order valence-corrected chi connectivity index (χ3v) is 7.35. The van der Waals surface area contributed by atoms with Gasteiger partial charge in [0.15, 0.2) is 0 Å². The van der Waals surface area contributed by atoms with Crippen molar-refractivity contribution in [3.05, 3.63) is 35.1 Å². The van der Waals surface area contributed by atoms with Crippen molar-refractivity contribution in [3.63, 3.8) is 0 Å². The van der Waals surface area contributed by atoms with Crippen LogP contribution in [0.25, 0.3) is 10.6 Å². The van der Waals surface area contributed by atoms with Crippen LogP contribution in [0.15, 0.2) is 24.5 Å². The molecule has 1 aliphatic heterocycles. The monoisotopic (exact) mass is 353 g/mol. The summed E-state index contributed by atoms with van der Waals surface area (Å²) in [5.74, 6) is 0.517. The quantitative estimate of drug-likeness (QED) is 0.827. The molecule has 1 atom stereocenters. The number of amides is 1. The molecule has 1 spiro atoms. The number of piperidine rings is 1. The fourth-order valence-electron chi connectivity index (χ4n) is 4.45. The lowest BCUT2D eigenvalue weighted by Gasteiger charge is -2.36. The minimum Gasteiger partial charge on any atom is -0.342 e. The van der Waals surface area contributed by atoms with Gasteiger partial charge in [-0.05, 0) is 56.1 Å². The van der Waals surface area contributed by atoms with Gasteiger partial charge in [0.1, 0.15) is 5.01 Å². The Balaban J connectivity index is 1.32. The van der Waals surface area contributed by atoms with Crippen molar-refractivity contribution in [1.82, 2.24) is 14.9 Å². The molecule has 4 nitrogen and oxygen atoms in total. The fourth-order valence-corrected chi connectivity index (χ4v) is 5.56. The Morgan fingerprint density at radius 1 is 1.24 bits per heavy atom. The van der Waals surface area contributed by atoms with Crippen molar-refractivity contribution < 1.29 is 4.79 Å². The number of likely N-dealkylation sites (tertiary alicyclic amines) is 1. The van der Waals surface area contributed by atoms with E-state index in [1.807, 2.05) is 24.5 Å². The Labute approximate surface area is 152 Å². The molecule has 1 saturated heterocycles. The number of aryl methyl sites for hydroxylation is 1. The van der Waals surface area contributed by atoms with Crippen LogP contribution in [0.3, 0.4) is 0 Å². The number of pyridine rings is 1. The zero-order valence-electron chi connectivity index (χ0n) is 14.4. The molecule has 130 valence electrons. The van der Waals surface area contributed by atoms with Gasteiger partial charge in [-0.25, -0.2) is 4.98 Å². The third-order valence-electron chi connectivity index (χ3n) is 6.14. The Hall–Kier alpha value is -1.75. The lowest BCUT2D eigenvalue weighted by atomic mass is 9.88. The standard InChI is InChI=1S/C20H23N3OS/c24-19(23-11-1-6-20(13-23)7-8-20)15-2-3-17-16(12-15)22-18(25-17)14-4-9-21-10-5-14/h4-5,9-10,15H,1-3,6-8,11-13H2. The predicted octanol–water partition coefficient (Wildman–Crippen LogP) is 3.71. The Kier molecular flexibility index (Phi) is 3.66. The first-order chi connectivity index (χ1) is 12.2. The highest BCUT2D eigenvalue weighted by Crippen LogP contribution is 2.52. The minimum absolute atomic E-state index is 0.133. The van der Waals surface area contributed by atoms with Crippen molar-refractivity contribution in [1.29, 1.82) is 0 Å². The predicted molar refractivity (Wildman–Crippen MR) is 98.3 cm³/mol. The van der Waals surface area contributed by atoms with E-state index in [1.165, 1.54) is 30.6 Å². The molecule has 1 amide bonds. The molecule has 0 aromatic carbocycles. The average molecular weight is 353 g/mol. The molecule has 1 unspecified atom stereocenters. The summed E-state index contributed by atoms with van der Waals surface area (Å²) in [4.78, 5) is 25.5. The molecule has 2 aromatic heterocycles. The van der Waals surface area contributed by atoms with E-state index in [4.69, 9.17) is 4.98 Å². The molecule has 1 saturated carbocycles. The van der Waals surface area contributed by atoms with Crippen molar-refractivity contribution in [3.8, 4) is 10.6 Å². The number of fused-ring (bicyclic) bond motifs is 1. The van der Waals surface area contributed by atoms with Crippen LogP contribution in [-0.2, 0) is 17.6 Å². The van der Waals surface area contributed by atoms with Gasteiger partial charge in [-0.3, -0.25) is 9.78 Å². The van der Waals surface area contributed by atoms with Crippen molar-refractivity contribution in [2.45, 2.75) is 44.9 Å². The Morgan fingerprint density at radius 2 is 2.08 bits per heavy atom. The first kappa shape index (κ1) is 15.5. The van der Waals surface area contributed by atoms with E-state index >= 15 is 0 Å². The molecule has 25 heavy (non-hydrogen) atoms. The summed E-state index contributed by atoms with van der Waals surface area (Å²) in [6, 6.07) is 4.02. The van der Waals surface area contributed by atoms with E-state index in [9.17, 15) is 4.79 Å². The molecule has 0 N–H and O–H groups in total. The highest BCUT2D eigenvalue weighted by molar-refractivity contribution is 7.15. The van der Waals surface area contributed by atoms with Gasteiger partial charge in [0.05, 0.1) is 5.69 Å². The van der Waals surface area contributed by atoms with Gasteiger partial charge in [-0.1, -0.05) is 0 Å². The second-order valence-electron chi connectivity index (χ2n) is 7.93. The van der Waals surface area contributed by atoms with Crippen LogP contribution in [0.1, 0.15) is 42.7 Å². The second kappa shape index (κ2) is 5.90. The summed E-state index contributed by atoms with van der Waals surface area (Å²) in [5.41, 5.74) is 2.78. The Bertz CT molecular complexity index is 797. The lowest BCUT2D eigenvalue weighted by molar-refractivity contribution is -0.138. The van der Waals surface area contributed by atoms with E-state index in [0.717, 1.165) is 48.6 Å². The maximum Gasteiger partial charge on any atom is 0.226 e. The SMILES string of the molecule is O=C(C1CCc2sc(-c3ccncc3)nc2C1)N1CCCC2(CC2)C1. The molecular weight excluding hydrogens is 330 g/mol. The summed E-state index contributed by atoms with van der Waals surface area (Å²) in [7, 11) is 0. The average Bonchev–Trinajstić information content (AvgIpc) is 3.25. The van der Waals surface area contributed by atoms with E-state index in [1.54, 1.807) is 11.3 Å². The molecule has 3 heterocycles. The molecule has 2 fully saturated rings. The fraction of sp³-hybridized carbons (Fsp3) is 0.550. The molecule has 0 radical (unpaired) electrons. The van der Waals surface area contributed by atoms with Crippen molar-refractivity contribution >= 4 is 17.2 Å². The zero-order valence-corrected chi connectivity index (χ0v) is 15.2. The first-order valence-corrected chi connectivity index (χ1v) is 10.2. The summed E-state index contributed by atoms with van der Waals surface area (Å²) in [6.45, 7) is 1.97. The van der Waals surface area contributed by atoms with Gasteiger partial charge in [0, 0.05) is 48.3 Å². The number of rotatable bonds is 2. The molecule has 5 rings (SSSR count). The number of carbonyl (C=O) groups is 1. The maximum absolute atomic E-state index is 13.0. The van der Waals surface area contributed by atoms with Crippen LogP contribution in [0.5, 0.6) is 0 Å². The second-order valence-corrected chi connectivity index (χ2v) is 9.01. The largest absolute Gasteiger partial charge is 0.342 e. The van der Waals surface area contributed by atoms with Gasteiger partial charge >= 0.3 is 0 Å². The molecule has 2 aromatic rings. The summed E-state index contributed by atoms with van der Waals surface area (Å²) < 4.78 is 0. The zero-order chi connectivity index (χ0) is 16.9.